The van der Waals surface area contributed by atoms with Crippen molar-refractivity contribution in [3.05, 3.63) is 114 Å². The third-order valence-electron chi connectivity index (χ3n) is 5.99. The number of aromatic nitrogens is 2. The van der Waals surface area contributed by atoms with Gasteiger partial charge in [0.2, 0.25) is 0 Å². The van der Waals surface area contributed by atoms with Crippen LogP contribution in [0.4, 0.5) is 5.69 Å². The number of aliphatic imine (C=N–C) groups is 1. The standard InChI is InChI=1S/C28H29N5S/c1-34-28-13-12-24-20-33(25-6-3-2-4-7-25)27(18-26(24)31-28)23-10-8-22(9-11-23)19-29-14-5-16-32-17-15-30-21-32/h2-4,6-13,15,17-18,20-21,28-29H,5,14,16,19H2,1H3. The molecule has 0 spiro atoms. The first-order valence-electron chi connectivity index (χ1n) is 11.6. The van der Waals surface area contributed by atoms with Gasteiger partial charge in [-0.05, 0) is 54.6 Å². The minimum atomic E-state index is 0.176. The zero-order chi connectivity index (χ0) is 23.2. The zero-order valence-corrected chi connectivity index (χ0v) is 20.2. The number of hydrogen-bond acceptors (Lipinski definition) is 5. The van der Waals surface area contributed by atoms with Gasteiger partial charge in [-0.1, -0.05) is 48.5 Å². The monoisotopic (exact) mass is 467 g/mol. The molecule has 1 N–H and O–H groups in total. The second-order valence-electron chi connectivity index (χ2n) is 8.35. The Kier molecular flexibility index (Phi) is 7.08. The summed E-state index contributed by atoms with van der Waals surface area (Å²) >= 11 is 1.75. The number of imidazole rings is 1. The molecule has 0 aliphatic carbocycles. The van der Waals surface area contributed by atoms with Gasteiger partial charge in [0.25, 0.3) is 0 Å². The molecule has 1 aromatic heterocycles. The van der Waals surface area contributed by atoms with Crippen LogP contribution in [-0.2, 0) is 13.1 Å². The molecule has 5 nitrogen and oxygen atoms in total. The van der Waals surface area contributed by atoms with Crippen LogP contribution in [0.1, 0.15) is 17.5 Å². The van der Waals surface area contributed by atoms with Crippen LogP contribution >= 0.6 is 11.8 Å². The molecule has 34 heavy (non-hydrogen) atoms. The van der Waals surface area contributed by atoms with Gasteiger partial charge in [-0.25, -0.2) is 4.98 Å². The quantitative estimate of drug-likeness (QED) is 0.422. The fourth-order valence-electron chi connectivity index (χ4n) is 4.15. The second-order valence-corrected chi connectivity index (χ2v) is 9.30. The Labute approximate surface area is 205 Å². The third kappa shape index (κ3) is 5.24. The van der Waals surface area contributed by atoms with Crippen molar-refractivity contribution in [2.75, 3.05) is 17.7 Å². The number of anilines is 1. The first-order valence-corrected chi connectivity index (χ1v) is 12.9. The van der Waals surface area contributed by atoms with Gasteiger partial charge in [-0.3, -0.25) is 4.99 Å². The summed E-state index contributed by atoms with van der Waals surface area (Å²) in [6.07, 6.45) is 17.7. The number of hydrogen-bond donors (Lipinski definition) is 1. The molecule has 5 rings (SSSR count). The molecule has 1 unspecified atom stereocenters. The summed E-state index contributed by atoms with van der Waals surface area (Å²) in [5.41, 5.74) is 6.95. The Balaban J connectivity index is 1.30. The highest BCUT2D eigenvalue weighted by atomic mass is 32.2. The molecule has 2 aromatic carbocycles. The Morgan fingerprint density at radius 1 is 1.06 bits per heavy atom. The molecule has 0 saturated heterocycles. The minimum Gasteiger partial charge on any atom is -0.337 e. The average Bonchev–Trinajstić information content (AvgIpc) is 3.42. The summed E-state index contributed by atoms with van der Waals surface area (Å²) in [5.74, 6) is 0. The molecule has 0 bridgehead atoms. The SMILES string of the molecule is CSC1C=CC2=CN(c3ccccc3)C(c3ccc(CNCCCn4ccnc4)cc3)=CC2=N1. The van der Waals surface area contributed by atoms with Crippen LogP contribution in [0, 0.1) is 0 Å². The fourth-order valence-corrected chi connectivity index (χ4v) is 4.61. The van der Waals surface area contributed by atoms with Crippen LogP contribution < -0.4 is 10.2 Å². The highest BCUT2D eigenvalue weighted by Gasteiger charge is 2.22. The van der Waals surface area contributed by atoms with E-state index >= 15 is 0 Å². The van der Waals surface area contributed by atoms with E-state index in [0.29, 0.717) is 0 Å². The van der Waals surface area contributed by atoms with E-state index in [1.165, 1.54) is 11.1 Å². The molecule has 1 atom stereocenters. The van der Waals surface area contributed by atoms with E-state index in [1.807, 2.05) is 18.7 Å². The fraction of sp³-hybridized carbons (Fsp3) is 0.214. The van der Waals surface area contributed by atoms with E-state index in [1.54, 1.807) is 11.8 Å². The van der Waals surface area contributed by atoms with Gasteiger partial charge in [0.05, 0.1) is 17.7 Å². The van der Waals surface area contributed by atoms with Gasteiger partial charge in [0.1, 0.15) is 5.37 Å². The van der Waals surface area contributed by atoms with E-state index in [9.17, 15) is 0 Å². The van der Waals surface area contributed by atoms with Crippen LogP contribution in [0.2, 0.25) is 0 Å². The number of thioether (sulfide) groups is 1. The van der Waals surface area contributed by atoms with Crippen LogP contribution in [0.5, 0.6) is 0 Å². The van der Waals surface area contributed by atoms with Crippen molar-refractivity contribution in [2.24, 2.45) is 4.99 Å². The lowest BCUT2D eigenvalue weighted by molar-refractivity contribution is 0.581. The first-order chi connectivity index (χ1) is 16.8. The van der Waals surface area contributed by atoms with Crippen molar-refractivity contribution in [1.82, 2.24) is 14.9 Å². The number of rotatable bonds is 9. The number of allylic oxidation sites excluding steroid dienone is 3. The number of nitrogens with one attached hydrogen (secondary N) is 1. The number of fused-ring (bicyclic) bond motifs is 1. The van der Waals surface area contributed by atoms with Gasteiger partial charge in [0.15, 0.2) is 0 Å². The average molecular weight is 468 g/mol. The van der Waals surface area contributed by atoms with E-state index in [2.05, 4.69) is 105 Å². The molecular weight excluding hydrogens is 438 g/mol. The molecule has 172 valence electrons. The van der Waals surface area contributed by atoms with Crippen molar-refractivity contribution in [1.29, 1.82) is 0 Å². The largest absolute Gasteiger partial charge is 0.337 e. The number of dihydropyridines is 1. The number of nitrogens with zero attached hydrogens (tertiary/aromatic N) is 4. The van der Waals surface area contributed by atoms with Crippen LogP contribution in [0.15, 0.2) is 108 Å². The van der Waals surface area contributed by atoms with E-state index in [-0.39, 0.29) is 5.37 Å². The molecule has 0 fully saturated rings. The van der Waals surface area contributed by atoms with Gasteiger partial charge in [-0.2, -0.15) is 0 Å². The molecule has 3 aromatic rings. The van der Waals surface area contributed by atoms with E-state index < -0.39 is 0 Å². The summed E-state index contributed by atoms with van der Waals surface area (Å²) in [4.78, 5) is 11.3. The normalized spacial score (nSPS) is 17.1. The topological polar surface area (TPSA) is 45.5 Å². The maximum absolute atomic E-state index is 4.93. The van der Waals surface area contributed by atoms with Gasteiger partial charge in [-0.15, -0.1) is 11.8 Å². The van der Waals surface area contributed by atoms with Crippen molar-refractivity contribution >= 4 is 28.9 Å². The van der Waals surface area contributed by atoms with Gasteiger partial charge in [0, 0.05) is 42.9 Å². The number of benzene rings is 2. The highest BCUT2D eigenvalue weighted by molar-refractivity contribution is 7.99. The highest BCUT2D eigenvalue weighted by Crippen LogP contribution is 2.33. The Hall–Kier alpha value is -3.35. The van der Waals surface area contributed by atoms with Crippen molar-refractivity contribution in [3.8, 4) is 0 Å². The minimum absolute atomic E-state index is 0.176. The van der Waals surface area contributed by atoms with Crippen LogP contribution in [-0.4, -0.2) is 33.4 Å². The molecule has 0 amide bonds. The smallest absolute Gasteiger partial charge is 0.114 e. The predicted molar refractivity (Wildman–Crippen MR) is 144 cm³/mol. The Morgan fingerprint density at radius 2 is 1.91 bits per heavy atom. The summed E-state index contributed by atoms with van der Waals surface area (Å²) in [7, 11) is 0. The molecule has 2 aliphatic rings. The lowest BCUT2D eigenvalue weighted by atomic mass is 9.98. The third-order valence-corrected chi connectivity index (χ3v) is 6.73. The predicted octanol–water partition coefficient (Wildman–Crippen LogP) is 5.51. The lowest BCUT2D eigenvalue weighted by Crippen LogP contribution is -2.24. The Bertz CT molecular complexity index is 1210. The molecule has 0 saturated carbocycles. The first kappa shape index (κ1) is 22.4. The summed E-state index contributed by atoms with van der Waals surface area (Å²) < 4.78 is 2.11. The van der Waals surface area contributed by atoms with Crippen LogP contribution in [0.25, 0.3) is 5.70 Å². The molecule has 2 aliphatic heterocycles. The maximum Gasteiger partial charge on any atom is 0.114 e. The van der Waals surface area contributed by atoms with Crippen molar-refractivity contribution in [2.45, 2.75) is 24.9 Å². The zero-order valence-electron chi connectivity index (χ0n) is 19.3. The maximum atomic E-state index is 4.93. The molecular formula is C28H29N5S. The van der Waals surface area contributed by atoms with Crippen molar-refractivity contribution < 1.29 is 0 Å². The molecule has 0 radical (unpaired) electrons. The summed E-state index contributed by atoms with van der Waals surface area (Å²) in [5, 5.41) is 3.72. The Morgan fingerprint density at radius 3 is 2.68 bits per heavy atom. The van der Waals surface area contributed by atoms with E-state index in [4.69, 9.17) is 4.99 Å². The molecule has 3 heterocycles. The lowest BCUT2D eigenvalue weighted by Gasteiger charge is -2.30. The summed E-state index contributed by atoms with van der Waals surface area (Å²) in [6, 6.07) is 19.4. The van der Waals surface area contributed by atoms with Gasteiger partial charge < -0.3 is 14.8 Å². The van der Waals surface area contributed by atoms with Crippen LogP contribution in [0.3, 0.4) is 0 Å². The number of para-hydroxylation sites is 1. The number of aryl methyl sites for hydroxylation is 1. The van der Waals surface area contributed by atoms with E-state index in [0.717, 1.165) is 48.7 Å². The summed E-state index contributed by atoms with van der Waals surface area (Å²) in [6.45, 7) is 2.83. The second kappa shape index (κ2) is 10.7. The van der Waals surface area contributed by atoms with Gasteiger partial charge >= 0.3 is 0 Å². The molecule has 6 heteroatoms. The van der Waals surface area contributed by atoms with Crippen molar-refractivity contribution in [3.63, 3.8) is 0 Å².